The maximum Gasteiger partial charge on any atom is 0.313 e. The van der Waals surface area contributed by atoms with E-state index in [2.05, 4.69) is 16.5 Å². The lowest BCUT2D eigenvalue weighted by Gasteiger charge is -2.16. The highest BCUT2D eigenvalue weighted by molar-refractivity contribution is 8.00. The molecule has 1 aliphatic rings. The average Bonchev–Trinajstić information content (AvgIpc) is 2.94. The number of carbonyl (C=O) groups is 1. The van der Waals surface area contributed by atoms with Gasteiger partial charge in [0.25, 0.3) is 0 Å². The first-order valence-corrected chi connectivity index (χ1v) is 7.84. The smallest absolute Gasteiger partial charge is 0.313 e. The summed E-state index contributed by atoms with van der Waals surface area (Å²) in [5.74, 6) is 1.60. The summed E-state index contributed by atoms with van der Waals surface area (Å²) in [6.07, 6.45) is 3.99. The second-order valence-corrected chi connectivity index (χ2v) is 6.05. The molecule has 1 fully saturated rings. The highest BCUT2D eigenvalue weighted by atomic mass is 32.2. The molecule has 2 heterocycles. The zero-order valence-electron chi connectivity index (χ0n) is 9.76. The van der Waals surface area contributed by atoms with E-state index in [1.165, 1.54) is 23.2 Å². The molecule has 1 aromatic rings. The Morgan fingerprint density at radius 2 is 2.59 bits per heavy atom. The first-order valence-electron chi connectivity index (χ1n) is 5.70. The van der Waals surface area contributed by atoms with Gasteiger partial charge in [-0.3, -0.25) is 4.79 Å². The molecule has 4 nitrogen and oxygen atoms in total. The number of hydrogen-bond acceptors (Lipinski definition) is 4. The summed E-state index contributed by atoms with van der Waals surface area (Å²) in [5.41, 5.74) is 1.21. The van der Waals surface area contributed by atoms with Gasteiger partial charge in [0.1, 0.15) is 0 Å². The van der Waals surface area contributed by atoms with Gasteiger partial charge in [0.2, 0.25) is 0 Å². The second kappa shape index (κ2) is 5.82. The van der Waals surface area contributed by atoms with Gasteiger partial charge in [0, 0.05) is 23.7 Å². The highest BCUT2D eigenvalue weighted by Gasteiger charge is 2.22. The quantitative estimate of drug-likeness (QED) is 0.834. The molecule has 0 spiro atoms. The van der Waals surface area contributed by atoms with Crippen LogP contribution in [0, 0.1) is 0 Å². The van der Waals surface area contributed by atoms with Gasteiger partial charge < -0.3 is 9.67 Å². The van der Waals surface area contributed by atoms with Gasteiger partial charge in [-0.2, -0.15) is 11.8 Å². The van der Waals surface area contributed by atoms with Gasteiger partial charge in [0.05, 0.1) is 5.75 Å². The topological polar surface area (TPSA) is 55.1 Å². The number of thioether (sulfide) groups is 2. The van der Waals surface area contributed by atoms with Crippen molar-refractivity contribution >= 4 is 29.5 Å². The molecule has 0 aromatic carbocycles. The van der Waals surface area contributed by atoms with Crippen molar-refractivity contribution in [2.75, 3.05) is 17.3 Å². The SMILES string of the molecule is CCc1cnc(SCC(=O)O)n1C1CCSC1. The molecule has 94 valence electrons. The van der Waals surface area contributed by atoms with Gasteiger partial charge in [-0.25, -0.2) is 4.98 Å². The molecule has 17 heavy (non-hydrogen) atoms. The van der Waals surface area contributed by atoms with Crippen molar-refractivity contribution in [1.82, 2.24) is 9.55 Å². The maximum atomic E-state index is 10.6. The third kappa shape index (κ3) is 2.98. The summed E-state index contributed by atoms with van der Waals surface area (Å²) in [6, 6.07) is 0.494. The van der Waals surface area contributed by atoms with E-state index in [1.54, 1.807) is 0 Å². The van der Waals surface area contributed by atoms with Crippen molar-refractivity contribution in [3.05, 3.63) is 11.9 Å². The van der Waals surface area contributed by atoms with Crippen LogP contribution in [0.3, 0.4) is 0 Å². The van der Waals surface area contributed by atoms with Crippen molar-refractivity contribution in [3.8, 4) is 0 Å². The number of imidazole rings is 1. The van der Waals surface area contributed by atoms with E-state index in [9.17, 15) is 4.79 Å². The zero-order valence-corrected chi connectivity index (χ0v) is 11.4. The average molecular weight is 272 g/mol. The number of nitrogens with zero attached hydrogens (tertiary/aromatic N) is 2. The van der Waals surface area contributed by atoms with E-state index in [0.29, 0.717) is 6.04 Å². The van der Waals surface area contributed by atoms with Gasteiger partial charge in [-0.05, 0) is 18.6 Å². The lowest BCUT2D eigenvalue weighted by atomic mass is 10.2. The predicted octanol–water partition coefficient (Wildman–Crippen LogP) is 2.30. The molecule has 1 unspecified atom stereocenters. The van der Waals surface area contributed by atoms with Crippen LogP contribution < -0.4 is 0 Å². The van der Waals surface area contributed by atoms with Gasteiger partial charge in [0.15, 0.2) is 5.16 Å². The van der Waals surface area contributed by atoms with Crippen molar-refractivity contribution in [3.63, 3.8) is 0 Å². The third-order valence-corrected chi connectivity index (χ3v) is 4.89. The van der Waals surface area contributed by atoms with E-state index < -0.39 is 5.97 Å². The Hall–Kier alpha value is -0.620. The van der Waals surface area contributed by atoms with E-state index in [1.807, 2.05) is 18.0 Å². The van der Waals surface area contributed by atoms with Crippen molar-refractivity contribution in [2.24, 2.45) is 0 Å². The number of aryl methyl sites for hydroxylation is 1. The Balaban J connectivity index is 2.19. The molecular weight excluding hydrogens is 256 g/mol. The molecule has 1 N–H and O–H groups in total. The Kier molecular flexibility index (Phi) is 4.39. The summed E-state index contributed by atoms with van der Waals surface area (Å²) >= 11 is 3.28. The van der Waals surface area contributed by atoms with Gasteiger partial charge in [-0.15, -0.1) is 0 Å². The number of carboxylic acids is 1. The van der Waals surface area contributed by atoms with E-state index in [4.69, 9.17) is 5.11 Å². The van der Waals surface area contributed by atoms with E-state index in [-0.39, 0.29) is 5.75 Å². The predicted molar refractivity (Wildman–Crippen MR) is 70.9 cm³/mol. The largest absolute Gasteiger partial charge is 0.481 e. The molecule has 0 aliphatic carbocycles. The maximum absolute atomic E-state index is 10.6. The van der Waals surface area contributed by atoms with Crippen LogP contribution in [0.2, 0.25) is 0 Å². The monoisotopic (exact) mass is 272 g/mol. The molecule has 1 saturated heterocycles. The molecule has 1 aromatic heterocycles. The number of rotatable bonds is 5. The van der Waals surface area contributed by atoms with E-state index >= 15 is 0 Å². The van der Waals surface area contributed by atoms with Crippen molar-refractivity contribution in [1.29, 1.82) is 0 Å². The van der Waals surface area contributed by atoms with Crippen LogP contribution >= 0.6 is 23.5 Å². The minimum Gasteiger partial charge on any atom is -0.481 e. The summed E-state index contributed by atoms with van der Waals surface area (Å²) in [5, 5.41) is 9.59. The third-order valence-electron chi connectivity index (χ3n) is 2.80. The summed E-state index contributed by atoms with van der Waals surface area (Å²) < 4.78 is 2.24. The lowest BCUT2D eigenvalue weighted by molar-refractivity contribution is -0.133. The minimum atomic E-state index is -0.789. The number of aromatic nitrogens is 2. The Labute approximate surface area is 109 Å². The van der Waals surface area contributed by atoms with Crippen LogP contribution in [-0.2, 0) is 11.2 Å². The van der Waals surface area contributed by atoms with Crippen LogP contribution in [0.1, 0.15) is 25.1 Å². The molecule has 0 bridgehead atoms. The highest BCUT2D eigenvalue weighted by Crippen LogP contribution is 2.33. The van der Waals surface area contributed by atoms with Crippen LogP contribution in [0.4, 0.5) is 0 Å². The van der Waals surface area contributed by atoms with Crippen LogP contribution in [0.5, 0.6) is 0 Å². The van der Waals surface area contributed by atoms with Crippen molar-refractivity contribution in [2.45, 2.75) is 31.0 Å². The molecule has 0 radical (unpaired) electrons. The van der Waals surface area contributed by atoms with Crippen molar-refractivity contribution < 1.29 is 9.90 Å². The first-order chi connectivity index (χ1) is 8.22. The molecule has 1 aliphatic heterocycles. The minimum absolute atomic E-state index is 0.0834. The van der Waals surface area contributed by atoms with Crippen LogP contribution in [0.15, 0.2) is 11.4 Å². The molecule has 0 saturated carbocycles. The fourth-order valence-electron chi connectivity index (χ4n) is 1.99. The summed E-state index contributed by atoms with van der Waals surface area (Å²) in [7, 11) is 0. The Morgan fingerprint density at radius 3 is 3.18 bits per heavy atom. The standard InChI is InChI=1S/C11H16N2O2S2/c1-2-8-5-12-11(17-7-10(14)15)13(8)9-3-4-16-6-9/h5,9H,2-4,6-7H2,1H3,(H,14,15). The van der Waals surface area contributed by atoms with Gasteiger partial charge >= 0.3 is 5.97 Å². The Bertz CT molecular complexity index is 400. The fraction of sp³-hybridized carbons (Fsp3) is 0.636. The lowest BCUT2D eigenvalue weighted by Crippen LogP contribution is -2.13. The molecular formula is C11H16N2O2S2. The second-order valence-electron chi connectivity index (χ2n) is 3.96. The molecule has 6 heteroatoms. The van der Waals surface area contributed by atoms with Crippen LogP contribution in [0.25, 0.3) is 0 Å². The van der Waals surface area contributed by atoms with Crippen LogP contribution in [-0.4, -0.2) is 37.9 Å². The molecule has 2 rings (SSSR count). The normalized spacial score (nSPS) is 19.7. The molecule has 1 atom stereocenters. The van der Waals surface area contributed by atoms with Gasteiger partial charge in [-0.1, -0.05) is 18.7 Å². The zero-order chi connectivity index (χ0) is 12.3. The number of aliphatic carboxylic acids is 1. The number of carboxylic acid groups (broad SMARTS) is 1. The summed E-state index contributed by atoms with van der Waals surface area (Å²) in [6.45, 7) is 2.11. The van der Waals surface area contributed by atoms with E-state index in [0.717, 1.165) is 23.8 Å². The molecule has 0 amide bonds. The Morgan fingerprint density at radius 1 is 1.76 bits per heavy atom. The fourth-order valence-corrected chi connectivity index (χ4v) is 3.97. The summed E-state index contributed by atoms with van der Waals surface area (Å²) in [4.78, 5) is 15.0. The number of hydrogen-bond donors (Lipinski definition) is 1. The first kappa shape index (κ1) is 12.8.